The first kappa shape index (κ1) is 17.9. The summed E-state index contributed by atoms with van der Waals surface area (Å²) in [7, 11) is 0. The monoisotopic (exact) mass is 344 g/mol. The Balaban J connectivity index is 1.62. The van der Waals surface area contributed by atoms with E-state index in [2.05, 4.69) is 10.9 Å². The molecule has 0 aliphatic carbocycles. The second kappa shape index (κ2) is 7.14. The standard InChI is InChI=1S/C19H28N4O2/c1-19(2,3)18(25)23-11-9-22(10-12-23)17(24)15-13-20-21-16(15)14-7-5-4-6-8-14/h4-8,15-16,20-21H,9-13H2,1-3H3. The second-order valence-electron chi connectivity index (χ2n) is 7.89. The van der Waals surface area contributed by atoms with E-state index >= 15 is 0 Å². The van der Waals surface area contributed by atoms with Crippen molar-refractivity contribution in [1.82, 2.24) is 20.7 Å². The molecule has 6 nitrogen and oxygen atoms in total. The Hall–Kier alpha value is -1.92. The normalized spacial score (nSPS) is 24.4. The van der Waals surface area contributed by atoms with Crippen LogP contribution in [0.2, 0.25) is 0 Å². The van der Waals surface area contributed by atoms with Gasteiger partial charge in [0.25, 0.3) is 0 Å². The van der Waals surface area contributed by atoms with Crippen LogP contribution in [-0.2, 0) is 9.59 Å². The quantitative estimate of drug-likeness (QED) is 0.845. The van der Waals surface area contributed by atoms with Gasteiger partial charge in [0.2, 0.25) is 11.8 Å². The molecule has 1 aromatic rings. The predicted molar refractivity (Wildman–Crippen MR) is 96.4 cm³/mol. The van der Waals surface area contributed by atoms with Crippen molar-refractivity contribution in [2.24, 2.45) is 11.3 Å². The van der Waals surface area contributed by atoms with Gasteiger partial charge in [-0.15, -0.1) is 0 Å². The van der Waals surface area contributed by atoms with Crippen LogP contribution in [-0.4, -0.2) is 54.3 Å². The highest BCUT2D eigenvalue weighted by molar-refractivity contribution is 5.83. The minimum absolute atomic E-state index is 0.0112. The number of amides is 2. The summed E-state index contributed by atoms with van der Waals surface area (Å²) < 4.78 is 0. The van der Waals surface area contributed by atoms with Crippen LogP contribution in [0.4, 0.5) is 0 Å². The maximum absolute atomic E-state index is 13.0. The molecular weight excluding hydrogens is 316 g/mol. The molecule has 0 bridgehead atoms. The molecule has 6 heteroatoms. The SMILES string of the molecule is CC(C)(C)C(=O)N1CCN(C(=O)C2CNNC2c2ccccc2)CC1. The van der Waals surface area contributed by atoms with E-state index < -0.39 is 0 Å². The average molecular weight is 344 g/mol. The fourth-order valence-electron chi connectivity index (χ4n) is 3.54. The highest BCUT2D eigenvalue weighted by Crippen LogP contribution is 2.27. The number of rotatable bonds is 2. The Labute approximate surface area is 149 Å². The van der Waals surface area contributed by atoms with E-state index in [4.69, 9.17) is 0 Å². The van der Waals surface area contributed by atoms with E-state index in [-0.39, 0.29) is 29.2 Å². The van der Waals surface area contributed by atoms with Gasteiger partial charge in [0.05, 0.1) is 12.0 Å². The lowest BCUT2D eigenvalue weighted by Crippen LogP contribution is -2.54. The zero-order valence-corrected chi connectivity index (χ0v) is 15.3. The largest absolute Gasteiger partial charge is 0.339 e. The molecule has 2 aliphatic rings. The zero-order valence-electron chi connectivity index (χ0n) is 15.3. The molecule has 0 radical (unpaired) electrons. The van der Waals surface area contributed by atoms with Gasteiger partial charge in [-0.2, -0.15) is 0 Å². The van der Waals surface area contributed by atoms with Gasteiger partial charge in [-0.25, -0.2) is 5.43 Å². The van der Waals surface area contributed by atoms with Gasteiger partial charge in [0.1, 0.15) is 0 Å². The van der Waals surface area contributed by atoms with Gasteiger partial charge in [-0.3, -0.25) is 15.0 Å². The second-order valence-corrected chi connectivity index (χ2v) is 7.89. The van der Waals surface area contributed by atoms with Crippen molar-refractivity contribution in [2.45, 2.75) is 26.8 Å². The van der Waals surface area contributed by atoms with E-state index in [1.807, 2.05) is 60.9 Å². The average Bonchev–Trinajstić information content (AvgIpc) is 3.10. The first-order chi connectivity index (χ1) is 11.9. The van der Waals surface area contributed by atoms with Crippen molar-refractivity contribution in [3.05, 3.63) is 35.9 Å². The van der Waals surface area contributed by atoms with E-state index in [1.165, 1.54) is 0 Å². The lowest BCUT2D eigenvalue weighted by Gasteiger charge is -2.38. The minimum Gasteiger partial charge on any atom is -0.339 e. The van der Waals surface area contributed by atoms with Gasteiger partial charge in [-0.05, 0) is 5.56 Å². The summed E-state index contributed by atoms with van der Waals surface area (Å²) in [4.78, 5) is 29.2. The summed E-state index contributed by atoms with van der Waals surface area (Å²) >= 11 is 0. The Morgan fingerprint density at radius 2 is 1.60 bits per heavy atom. The van der Waals surface area contributed by atoms with Crippen LogP contribution in [0.5, 0.6) is 0 Å². The third-order valence-electron chi connectivity index (χ3n) is 4.98. The topological polar surface area (TPSA) is 64.7 Å². The van der Waals surface area contributed by atoms with E-state index in [0.717, 1.165) is 5.56 Å². The molecule has 0 saturated carbocycles. The predicted octanol–water partition coefficient (Wildman–Crippen LogP) is 1.17. The highest BCUT2D eigenvalue weighted by Gasteiger charge is 2.38. The number of benzene rings is 1. The molecule has 136 valence electrons. The smallest absolute Gasteiger partial charge is 0.229 e. The Bertz CT molecular complexity index is 618. The van der Waals surface area contributed by atoms with Crippen LogP contribution in [0, 0.1) is 11.3 Å². The van der Waals surface area contributed by atoms with Gasteiger partial charge in [0.15, 0.2) is 0 Å². The summed E-state index contributed by atoms with van der Waals surface area (Å²) in [5, 5.41) is 0. The fraction of sp³-hybridized carbons (Fsp3) is 0.579. The summed E-state index contributed by atoms with van der Waals surface area (Å²) in [5.41, 5.74) is 7.10. The molecule has 25 heavy (non-hydrogen) atoms. The van der Waals surface area contributed by atoms with Crippen molar-refractivity contribution in [1.29, 1.82) is 0 Å². The molecule has 2 saturated heterocycles. The van der Waals surface area contributed by atoms with Crippen LogP contribution in [0.1, 0.15) is 32.4 Å². The summed E-state index contributed by atoms with van der Waals surface area (Å²) in [6.07, 6.45) is 0. The number of hydrogen-bond acceptors (Lipinski definition) is 4. The third kappa shape index (κ3) is 3.85. The molecule has 2 aliphatic heterocycles. The fourth-order valence-corrected chi connectivity index (χ4v) is 3.54. The lowest BCUT2D eigenvalue weighted by molar-refractivity contribution is -0.146. The van der Waals surface area contributed by atoms with Gasteiger partial charge in [-0.1, -0.05) is 51.1 Å². The van der Waals surface area contributed by atoms with E-state index in [1.54, 1.807) is 0 Å². The number of nitrogens with zero attached hydrogens (tertiary/aromatic N) is 2. The number of piperazine rings is 1. The minimum atomic E-state index is -0.371. The first-order valence-electron chi connectivity index (χ1n) is 8.99. The van der Waals surface area contributed by atoms with Gasteiger partial charge in [0, 0.05) is 38.1 Å². The summed E-state index contributed by atoms with van der Waals surface area (Å²) in [6, 6.07) is 10.0. The maximum atomic E-state index is 13.0. The van der Waals surface area contributed by atoms with E-state index in [0.29, 0.717) is 32.7 Å². The van der Waals surface area contributed by atoms with Crippen molar-refractivity contribution in [3.63, 3.8) is 0 Å². The third-order valence-corrected chi connectivity index (χ3v) is 4.98. The Morgan fingerprint density at radius 1 is 1.00 bits per heavy atom. The van der Waals surface area contributed by atoms with Crippen LogP contribution in [0.15, 0.2) is 30.3 Å². The number of hydrazine groups is 1. The molecule has 1 aromatic carbocycles. The number of carbonyl (C=O) groups is 2. The molecule has 2 fully saturated rings. The van der Waals surface area contributed by atoms with Crippen molar-refractivity contribution < 1.29 is 9.59 Å². The molecular formula is C19H28N4O2. The number of hydrogen-bond donors (Lipinski definition) is 2. The van der Waals surface area contributed by atoms with E-state index in [9.17, 15) is 9.59 Å². The highest BCUT2D eigenvalue weighted by atomic mass is 16.2. The van der Waals surface area contributed by atoms with Crippen molar-refractivity contribution in [3.8, 4) is 0 Å². The molecule has 2 N–H and O–H groups in total. The van der Waals surface area contributed by atoms with Gasteiger partial charge >= 0.3 is 0 Å². The molecule has 0 spiro atoms. The molecule has 0 aromatic heterocycles. The molecule has 2 atom stereocenters. The van der Waals surface area contributed by atoms with Crippen LogP contribution in [0.3, 0.4) is 0 Å². The maximum Gasteiger partial charge on any atom is 0.229 e. The first-order valence-corrected chi connectivity index (χ1v) is 8.99. The van der Waals surface area contributed by atoms with Crippen LogP contribution in [0.25, 0.3) is 0 Å². The van der Waals surface area contributed by atoms with Crippen LogP contribution < -0.4 is 10.9 Å². The van der Waals surface area contributed by atoms with Crippen molar-refractivity contribution >= 4 is 11.8 Å². The number of nitrogens with one attached hydrogen (secondary N) is 2. The Morgan fingerprint density at radius 3 is 2.20 bits per heavy atom. The zero-order chi connectivity index (χ0) is 18.0. The summed E-state index contributed by atoms with van der Waals surface area (Å²) in [5.74, 6) is 0.201. The molecule has 2 amide bonds. The summed E-state index contributed by atoms with van der Waals surface area (Å²) in [6.45, 7) is 8.89. The van der Waals surface area contributed by atoms with Gasteiger partial charge < -0.3 is 9.80 Å². The van der Waals surface area contributed by atoms with Crippen LogP contribution >= 0.6 is 0 Å². The molecule has 3 rings (SSSR count). The number of carbonyl (C=O) groups excluding carboxylic acids is 2. The molecule has 2 heterocycles. The lowest BCUT2D eigenvalue weighted by atomic mass is 9.93. The van der Waals surface area contributed by atoms with Crippen molar-refractivity contribution in [2.75, 3.05) is 32.7 Å². The molecule has 2 unspecified atom stereocenters. The Kier molecular flexibility index (Phi) is 5.11.